The van der Waals surface area contributed by atoms with Gasteiger partial charge in [0, 0.05) is 29.4 Å². The third kappa shape index (κ3) is 6.38. The summed E-state index contributed by atoms with van der Waals surface area (Å²) in [7, 11) is 0. The Balaban J connectivity index is 2.76. The van der Waals surface area contributed by atoms with E-state index in [1.54, 1.807) is 18.2 Å². The van der Waals surface area contributed by atoms with Crippen molar-refractivity contribution < 1.29 is 4.79 Å². The van der Waals surface area contributed by atoms with Crippen molar-refractivity contribution in [1.29, 1.82) is 0 Å². The van der Waals surface area contributed by atoms with Gasteiger partial charge in [-0.05, 0) is 31.0 Å². The molecule has 1 rings (SSSR count). The summed E-state index contributed by atoms with van der Waals surface area (Å²) in [6.07, 6.45) is 6.70. The number of carbonyl (C=O) groups excluding carboxylic acids is 1. The molecule has 0 saturated carbocycles. The molecule has 0 unspecified atom stereocenters. The molecule has 0 bridgehead atoms. The van der Waals surface area contributed by atoms with Gasteiger partial charge in [0.15, 0.2) is 0 Å². The highest BCUT2D eigenvalue weighted by molar-refractivity contribution is 6.31. The minimum atomic E-state index is 0.0383. The Labute approximate surface area is 133 Å². The van der Waals surface area contributed by atoms with Gasteiger partial charge in [0.2, 0.25) is 0 Å². The predicted molar refractivity (Wildman–Crippen MR) is 90.8 cm³/mol. The smallest absolute Gasteiger partial charge is 0.253 e. The lowest BCUT2D eigenvalue weighted by molar-refractivity contribution is 0.0749. The van der Waals surface area contributed by atoms with Crippen molar-refractivity contribution in [3.8, 4) is 0 Å². The van der Waals surface area contributed by atoms with Crippen LogP contribution in [0.4, 0.5) is 5.69 Å². The van der Waals surface area contributed by atoms with Gasteiger partial charge in [0.1, 0.15) is 0 Å². The van der Waals surface area contributed by atoms with E-state index in [-0.39, 0.29) is 5.91 Å². The monoisotopic (exact) mass is 310 g/mol. The van der Waals surface area contributed by atoms with Crippen molar-refractivity contribution in [2.45, 2.75) is 52.4 Å². The third-order valence-corrected chi connectivity index (χ3v) is 3.74. The zero-order valence-electron chi connectivity index (χ0n) is 13.2. The molecule has 21 heavy (non-hydrogen) atoms. The molecule has 0 radical (unpaired) electrons. The summed E-state index contributed by atoms with van der Waals surface area (Å²) in [6.45, 7) is 5.95. The van der Waals surface area contributed by atoms with Gasteiger partial charge in [-0.25, -0.2) is 0 Å². The minimum Gasteiger partial charge on any atom is -0.399 e. The average molecular weight is 311 g/mol. The van der Waals surface area contributed by atoms with Crippen LogP contribution in [0.5, 0.6) is 0 Å². The maximum absolute atomic E-state index is 12.6. The molecule has 3 nitrogen and oxygen atoms in total. The van der Waals surface area contributed by atoms with E-state index in [1.165, 1.54) is 0 Å². The standard InChI is InChI=1S/C17H27ClN2O/c1-3-5-7-9-20(10-8-6-4-2)17(21)14-11-15(18)13-16(19)12-14/h11-13H,3-10,19H2,1-2H3. The number of carbonyl (C=O) groups is 1. The molecule has 0 heterocycles. The molecule has 0 atom stereocenters. The summed E-state index contributed by atoms with van der Waals surface area (Å²) in [5.74, 6) is 0.0383. The number of hydrogen-bond donors (Lipinski definition) is 1. The lowest BCUT2D eigenvalue weighted by Crippen LogP contribution is -2.33. The molecule has 0 aliphatic rings. The molecule has 0 aromatic heterocycles. The highest BCUT2D eigenvalue weighted by Gasteiger charge is 2.16. The number of amides is 1. The van der Waals surface area contributed by atoms with E-state index in [0.29, 0.717) is 16.3 Å². The normalized spacial score (nSPS) is 10.6. The second kappa shape index (κ2) is 9.67. The number of benzene rings is 1. The second-order valence-corrected chi connectivity index (χ2v) is 5.92. The first-order valence-electron chi connectivity index (χ1n) is 7.93. The first-order chi connectivity index (χ1) is 10.1. The van der Waals surface area contributed by atoms with Gasteiger partial charge in [0.05, 0.1) is 0 Å². The molecule has 1 amide bonds. The van der Waals surface area contributed by atoms with Crippen LogP contribution in [0.2, 0.25) is 5.02 Å². The fourth-order valence-corrected chi connectivity index (χ4v) is 2.58. The highest BCUT2D eigenvalue weighted by Crippen LogP contribution is 2.18. The summed E-state index contributed by atoms with van der Waals surface area (Å²) >= 11 is 6.00. The number of hydrogen-bond acceptors (Lipinski definition) is 2. The quantitative estimate of drug-likeness (QED) is 0.528. The SMILES string of the molecule is CCCCCN(CCCCC)C(=O)c1cc(N)cc(Cl)c1. The van der Waals surface area contributed by atoms with Crippen LogP contribution in [0, 0.1) is 0 Å². The Morgan fingerprint density at radius 2 is 1.62 bits per heavy atom. The van der Waals surface area contributed by atoms with Gasteiger partial charge in [0.25, 0.3) is 5.91 Å². The first kappa shape index (κ1) is 17.8. The maximum atomic E-state index is 12.6. The summed E-state index contributed by atoms with van der Waals surface area (Å²) < 4.78 is 0. The molecule has 4 heteroatoms. The lowest BCUT2D eigenvalue weighted by Gasteiger charge is -2.23. The van der Waals surface area contributed by atoms with Crippen LogP contribution >= 0.6 is 11.6 Å². The van der Waals surface area contributed by atoms with Gasteiger partial charge in [-0.3, -0.25) is 4.79 Å². The van der Waals surface area contributed by atoms with E-state index in [4.69, 9.17) is 17.3 Å². The number of anilines is 1. The van der Waals surface area contributed by atoms with Crippen molar-refractivity contribution >= 4 is 23.2 Å². The van der Waals surface area contributed by atoms with E-state index in [9.17, 15) is 4.79 Å². The van der Waals surface area contributed by atoms with Crippen molar-refractivity contribution in [2.75, 3.05) is 18.8 Å². The van der Waals surface area contributed by atoms with Gasteiger partial charge in [-0.15, -0.1) is 0 Å². The second-order valence-electron chi connectivity index (χ2n) is 5.48. The molecule has 2 N–H and O–H groups in total. The predicted octanol–water partition coefficient (Wildman–Crippen LogP) is 4.74. The number of nitrogens with two attached hydrogens (primary N) is 1. The number of unbranched alkanes of at least 4 members (excludes halogenated alkanes) is 4. The zero-order valence-corrected chi connectivity index (χ0v) is 14.0. The molecule has 118 valence electrons. The average Bonchev–Trinajstić information content (AvgIpc) is 2.44. The first-order valence-corrected chi connectivity index (χ1v) is 8.31. The minimum absolute atomic E-state index is 0.0383. The van der Waals surface area contributed by atoms with E-state index in [1.807, 2.05) is 4.90 Å². The van der Waals surface area contributed by atoms with Crippen LogP contribution in [0.25, 0.3) is 0 Å². The largest absolute Gasteiger partial charge is 0.399 e. The van der Waals surface area contributed by atoms with Crippen LogP contribution in [0.3, 0.4) is 0 Å². The van der Waals surface area contributed by atoms with Crippen LogP contribution < -0.4 is 5.73 Å². The van der Waals surface area contributed by atoms with Gasteiger partial charge >= 0.3 is 0 Å². The molecule has 0 fully saturated rings. The Hall–Kier alpha value is -1.22. The third-order valence-electron chi connectivity index (χ3n) is 3.52. The van der Waals surface area contributed by atoms with Gasteiger partial charge in [-0.1, -0.05) is 51.1 Å². The Bertz CT molecular complexity index is 418. The van der Waals surface area contributed by atoms with Crippen molar-refractivity contribution in [1.82, 2.24) is 4.90 Å². The molecule has 1 aromatic rings. The topological polar surface area (TPSA) is 46.3 Å². The molecule has 0 aliphatic carbocycles. The van der Waals surface area contributed by atoms with E-state index < -0.39 is 0 Å². The summed E-state index contributed by atoms with van der Waals surface area (Å²) in [5.41, 5.74) is 6.91. The van der Waals surface area contributed by atoms with Crippen LogP contribution in [-0.2, 0) is 0 Å². The fraction of sp³-hybridized carbons (Fsp3) is 0.588. The molecular weight excluding hydrogens is 284 g/mol. The molecule has 0 aliphatic heterocycles. The molecule has 0 spiro atoms. The lowest BCUT2D eigenvalue weighted by atomic mass is 10.1. The fourth-order valence-electron chi connectivity index (χ4n) is 2.34. The summed E-state index contributed by atoms with van der Waals surface area (Å²) in [5, 5.41) is 0.514. The van der Waals surface area contributed by atoms with E-state index in [2.05, 4.69) is 13.8 Å². The summed E-state index contributed by atoms with van der Waals surface area (Å²) in [6, 6.07) is 5.07. The summed E-state index contributed by atoms with van der Waals surface area (Å²) in [4.78, 5) is 14.6. The molecule has 0 saturated heterocycles. The van der Waals surface area contributed by atoms with E-state index >= 15 is 0 Å². The number of rotatable bonds is 9. The Morgan fingerprint density at radius 3 is 2.10 bits per heavy atom. The Kier molecular flexibility index (Phi) is 8.21. The van der Waals surface area contributed by atoms with Crippen molar-refractivity contribution in [3.05, 3.63) is 28.8 Å². The Morgan fingerprint density at radius 1 is 1.05 bits per heavy atom. The van der Waals surface area contributed by atoms with Crippen LogP contribution in [-0.4, -0.2) is 23.9 Å². The zero-order chi connectivity index (χ0) is 15.7. The maximum Gasteiger partial charge on any atom is 0.253 e. The number of nitrogens with zero attached hydrogens (tertiary/aromatic N) is 1. The number of nitrogen functional groups attached to an aromatic ring is 1. The van der Waals surface area contributed by atoms with Crippen molar-refractivity contribution in [3.63, 3.8) is 0 Å². The van der Waals surface area contributed by atoms with Gasteiger partial charge in [-0.2, -0.15) is 0 Å². The van der Waals surface area contributed by atoms with Crippen molar-refractivity contribution in [2.24, 2.45) is 0 Å². The number of halogens is 1. The molecule has 1 aromatic carbocycles. The van der Waals surface area contributed by atoms with Crippen LogP contribution in [0.15, 0.2) is 18.2 Å². The molecular formula is C17H27ClN2O. The van der Waals surface area contributed by atoms with E-state index in [0.717, 1.165) is 51.6 Å². The van der Waals surface area contributed by atoms with Gasteiger partial charge < -0.3 is 10.6 Å². The van der Waals surface area contributed by atoms with Crippen LogP contribution in [0.1, 0.15) is 62.7 Å². The highest BCUT2D eigenvalue weighted by atomic mass is 35.5.